The molecular formula is C100H136O8. The van der Waals surface area contributed by atoms with Crippen LogP contribution < -0.4 is 14.2 Å². The van der Waals surface area contributed by atoms with Crippen molar-refractivity contribution in [2.75, 3.05) is 19.8 Å². The molecule has 1 aliphatic carbocycles. The lowest BCUT2D eigenvalue weighted by Gasteiger charge is -2.28. The molecule has 5 N–H and O–H groups in total. The van der Waals surface area contributed by atoms with Gasteiger partial charge in [-0.15, -0.1) is 0 Å². The third kappa shape index (κ3) is 20.0. The highest BCUT2D eigenvalue weighted by Gasteiger charge is 2.33. The molecule has 0 atom stereocenters. The lowest BCUT2D eigenvalue weighted by Crippen LogP contribution is -2.17. The summed E-state index contributed by atoms with van der Waals surface area (Å²) in [4.78, 5) is 0. The Hall–Kier alpha value is -7.84. The second-order valence-corrected chi connectivity index (χ2v) is 40.1. The number of unbranched alkanes of at least 4 members (excludes halogenated alkanes) is 3. The van der Waals surface area contributed by atoms with Gasteiger partial charge in [-0.2, -0.15) is 0 Å². The Bertz CT molecular complexity index is 4550. The average Bonchev–Trinajstić information content (AvgIpc) is 0.721. The Balaban J connectivity index is 1.41. The zero-order valence-corrected chi connectivity index (χ0v) is 71.7. The highest BCUT2D eigenvalue weighted by atomic mass is 16.5. The first kappa shape index (κ1) is 84.2. The topological polar surface area (TPSA) is 129 Å². The van der Waals surface area contributed by atoms with Crippen LogP contribution in [-0.4, -0.2) is 45.4 Å². The van der Waals surface area contributed by atoms with E-state index >= 15 is 0 Å². The van der Waals surface area contributed by atoms with E-state index in [1.54, 1.807) is 0 Å². The van der Waals surface area contributed by atoms with Crippen LogP contribution in [0.5, 0.6) is 46.0 Å². The van der Waals surface area contributed by atoms with Crippen molar-refractivity contribution >= 4 is 0 Å². The highest BCUT2D eigenvalue weighted by Crippen LogP contribution is 2.48. The van der Waals surface area contributed by atoms with Gasteiger partial charge in [0.1, 0.15) is 46.0 Å². The molecule has 584 valence electrons. The van der Waals surface area contributed by atoms with Crippen LogP contribution in [-0.2, 0) is 94.7 Å². The Morgan fingerprint density at radius 2 is 0.315 bits per heavy atom. The lowest BCUT2D eigenvalue weighted by atomic mass is 9.79. The molecule has 0 fully saturated rings. The van der Waals surface area contributed by atoms with Crippen molar-refractivity contribution in [1.82, 2.24) is 0 Å². The van der Waals surface area contributed by atoms with Crippen LogP contribution >= 0.6 is 0 Å². The SMILES string of the molecule is CCCCOc1c2cc(C(C)(C)C)cc1Cc1cc(C(C)(C)C)cc(c1O)Cc1cc(C(C)(C)C)cc(c1OCCCC)Cc1cc(C(C)(C)C)cc(c1OCCCC)Cc1cc(C(C)(C)C)cc(c1O)Cc1cc(C(C)(C)C)cc(c1O)Cc1cc(C(C)(C)C)cc(c1O)Cc1cc(C(C)(C)C)cc(c1O)C2. The predicted octanol–water partition coefficient (Wildman–Crippen LogP) is 25.2. The van der Waals surface area contributed by atoms with E-state index in [9.17, 15) is 25.5 Å². The van der Waals surface area contributed by atoms with Gasteiger partial charge in [-0.3, -0.25) is 0 Å². The molecule has 8 aromatic rings. The summed E-state index contributed by atoms with van der Waals surface area (Å²) in [6.45, 7) is 61.6. The molecule has 8 heteroatoms. The maximum atomic E-state index is 13.4. The maximum absolute atomic E-state index is 13.4. The fraction of sp³-hybridized carbons (Fsp3) is 0.520. The van der Waals surface area contributed by atoms with E-state index in [1.807, 2.05) is 0 Å². The molecular weight excluding hydrogens is 1330 g/mol. The van der Waals surface area contributed by atoms with Crippen molar-refractivity contribution in [2.45, 2.75) is 320 Å². The fourth-order valence-corrected chi connectivity index (χ4v) is 14.8. The number of hydrogen-bond donors (Lipinski definition) is 5. The summed E-state index contributed by atoms with van der Waals surface area (Å²) in [6.07, 6.45) is 8.11. The van der Waals surface area contributed by atoms with Crippen LogP contribution in [0.2, 0.25) is 0 Å². The molecule has 0 heterocycles. The van der Waals surface area contributed by atoms with Gasteiger partial charge in [0.25, 0.3) is 0 Å². The molecule has 8 aromatic carbocycles. The van der Waals surface area contributed by atoms with Crippen molar-refractivity contribution in [3.05, 3.63) is 231 Å². The van der Waals surface area contributed by atoms with Gasteiger partial charge < -0.3 is 39.7 Å². The van der Waals surface area contributed by atoms with Gasteiger partial charge in [0.05, 0.1) is 19.8 Å². The van der Waals surface area contributed by atoms with E-state index in [0.717, 1.165) is 156 Å². The number of phenolic OH excluding ortho intramolecular Hbond substituents is 5. The molecule has 0 saturated carbocycles. The van der Waals surface area contributed by atoms with Gasteiger partial charge in [-0.25, -0.2) is 0 Å². The van der Waals surface area contributed by atoms with Crippen LogP contribution in [0.3, 0.4) is 0 Å². The van der Waals surface area contributed by atoms with Crippen molar-refractivity contribution in [1.29, 1.82) is 0 Å². The Morgan fingerprint density at radius 1 is 0.204 bits per heavy atom. The molecule has 0 aliphatic heterocycles. The van der Waals surface area contributed by atoms with Gasteiger partial charge in [0.15, 0.2) is 0 Å². The second-order valence-electron chi connectivity index (χ2n) is 40.1. The third-order valence-electron chi connectivity index (χ3n) is 22.3. The summed E-state index contributed by atoms with van der Waals surface area (Å²) in [5, 5.41) is 65.9. The number of aromatic hydroxyl groups is 5. The molecule has 0 amide bonds. The summed E-state index contributed by atoms with van der Waals surface area (Å²) in [5.74, 6) is 3.24. The van der Waals surface area contributed by atoms with Gasteiger partial charge in [-0.1, -0.05) is 303 Å². The third-order valence-corrected chi connectivity index (χ3v) is 22.3. The normalized spacial score (nSPS) is 13.9. The van der Waals surface area contributed by atoms with Crippen molar-refractivity contribution in [3.8, 4) is 46.0 Å². The molecule has 108 heavy (non-hydrogen) atoms. The molecule has 0 saturated heterocycles. The largest absolute Gasteiger partial charge is 0.507 e. The number of benzene rings is 8. The van der Waals surface area contributed by atoms with Crippen LogP contribution in [0.25, 0.3) is 0 Å². The Labute approximate surface area is 652 Å². The summed E-state index contributed by atoms with van der Waals surface area (Å²) >= 11 is 0. The van der Waals surface area contributed by atoms with E-state index in [0.29, 0.717) is 85.3 Å². The summed E-state index contributed by atoms with van der Waals surface area (Å²) in [6, 6.07) is 35.3. The van der Waals surface area contributed by atoms with Crippen molar-refractivity contribution in [3.63, 3.8) is 0 Å². The van der Waals surface area contributed by atoms with Crippen molar-refractivity contribution in [2.24, 2.45) is 0 Å². The van der Waals surface area contributed by atoms with Crippen LogP contribution in [0.15, 0.2) is 97.1 Å². The minimum absolute atomic E-state index is 0.120. The van der Waals surface area contributed by atoms with E-state index in [-0.39, 0.29) is 91.3 Å². The minimum Gasteiger partial charge on any atom is -0.507 e. The Morgan fingerprint density at radius 3 is 0.435 bits per heavy atom. The van der Waals surface area contributed by atoms with E-state index < -0.39 is 0 Å². The first-order chi connectivity index (χ1) is 50.0. The Kier molecular flexibility index (Phi) is 25.1. The van der Waals surface area contributed by atoms with Crippen molar-refractivity contribution < 1.29 is 39.7 Å². The molecule has 9 rings (SSSR count). The molecule has 0 aromatic heterocycles. The predicted molar refractivity (Wildman–Crippen MR) is 453 cm³/mol. The second kappa shape index (κ2) is 32.2. The molecule has 0 spiro atoms. The van der Waals surface area contributed by atoms with E-state index in [1.165, 1.54) is 0 Å². The summed E-state index contributed by atoms with van der Waals surface area (Å²) < 4.78 is 21.6. The minimum atomic E-state index is -0.344. The number of ether oxygens (including phenoxy) is 3. The average molecular weight is 1470 g/mol. The molecule has 8 nitrogen and oxygen atoms in total. The van der Waals surface area contributed by atoms with E-state index in [4.69, 9.17) is 14.2 Å². The number of phenols is 5. The zero-order chi connectivity index (χ0) is 79.9. The maximum Gasteiger partial charge on any atom is 0.126 e. The lowest BCUT2D eigenvalue weighted by molar-refractivity contribution is 0.300. The highest BCUT2D eigenvalue weighted by molar-refractivity contribution is 5.63. The summed E-state index contributed by atoms with van der Waals surface area (Å²) in [7, 11) is 0. The summed E-state index contributed by atoms with van der Waals surface area (Å²) in [5.41, 5.74) is 19.5. The van der Waals surface area contributed by atoms with Crippen LogP contribution in [0, 0.1) is 0 Å². The van der Waals surface area contributed by atoms with Gasteiger partial charge in [0, 0.05) is 51.4 Å². The van der Waals surface area contributed by atoms with Gasteiger partial charge in [0.2, 0.25) is 0 Å². The molecule has 0 radical (unpaired) electrons. The van der Waals surface area contributed by atoms with Gasteiger partial charge in [-0.05, 0) is 196 Å². The quantitative estimate of drug-likeness (QED) is 0.0765. The molecule has 16 bridgehead atoms. The monoisotopic (exact) mass is 1470 g/mol. The van der Waals surface area contributed by atoms with Crippen LogP contribution in [0.4, 0.5) is 0 Å². The molecule has 1 aliphatic rings. The van der Waals surface area contributed by atoms with Crippen LogP contribution in [0.1, 0.15) is 359 Å². The first-order valence-electron chi connectivity index (χ1n) is 40.6. The fourth-order valence-electron chi connectivity index (χ4n) is 14.8. The number of rotatable bonds is 12. The zero-order valence-electron chi connectivity index (χ0n) is 71.7. The first-order valence-corrected chi connectivity index (χ1v) is 40.6. The standard InChI is InChI=1S/C100H136O8/c1-28-31-34-106-90-71-40-67-51-79(95(10,11)12)49-65(87(67)103)38-63-47-77(93(4,5)6)45-61(85(63)101)37-62-46-78(94(7,8)9)48-64(86(62)102)39-66-50-80(96(13,14)15)52-68(88(66)104)41-73-57-83(99(22,23)24)59-75(91(73)107-35-32-29-2)44-76-60-84(100(25,26)27)58-74(92(76)108-36-33-30-3)43-70-54-81(97(16,17)18)53-69(89(70)105)42-72(90)56-82(55-71)98(19,20)21/h45-60,101-105H,28-44H2,1-27H3. The number of fused-ring (bicyclic) bond motifs is 16. The van der Waals surface area contributed by atoms with E-state index in [2.05, 4.69) is 284 Å². The smallest absolute Gasteiger partial charge is 0.126 e. The van der Waals surface area contributed by atoms with Gasteiger partial charge >= 0.3 is 0 Å². The molecule has 0 unspecified atom stereocenters. The number of hydrogen-bond acceptors (Lipinski definition) is 8.